The molecule has 1 N–H and O–H groups in total. The fraction of sp³-hybridized carbons (Fsp3) is 0.417. The van der Waals surface area contributed by atoms with Crippen molar-refractivity contribution in [1.29, 1.82) is 0 Å². The molecule has 0 saturated carbocycles. The van der Waals surface area contributed by atoms with E-state index in [0.717, 1.165) is 29.2 Å². The van der Waals surface area contributed by atoms with Crippen molar-refractivity contribution >= 4 is 22.9 Å². The van der Waals surface area contributed by atoms with Gasteiger partial charge in [0.15, 0.2) is 0 Å². The molecule has 0 amide bonds. The van der Waals surface area contributed by atoms with Crippen molar-refractivity contribution < 1.29 is 5.11 Å². The number of rotatable bonds is 4. The summed E-state index contributed by atoms with van der Waals surface area (Å²) >= 11 is 7.28. The highest BCUT2D eigenvalue weighted by molar-refractivity contribution is 7.16. The molecule has 92 valence electrons. The number of hydrogen-bond acceptors (Lipinski definition) is 3. The van der Waals surface area contributed by atoms with Gasteiger partial charge in [-0.3, -0.25) is 4.68 Å². The molecule has 1 atom stereocenters. The first-order valence-corrected chi connectivity index (χ1v) is 6.85. The van der Waals surface area contributed by atoms with E-state index in [1.165, 1.54) is 11.3 Å². The van der Waals surface area contributed by atoms with Crippen molar-refractivity contribution in [3.8, 4) is 0 Å². The smallest absolute Gasteiger partial charge is 0.130 e. The van der Waals surface area contributed by atoms with E-state index in [9.17, 15) is 5.11 Å². The topological polar surface area (TPSA) is 38.0 Å². The van der Waals surface area contributed by atoms with E-state index in [0.29, 0.717) is 4.34 Å². The minimum absolute atomic E-state index is 0.639. The second-order valence-electron chi connectivity index (χ2n) is 3.77. The van der Waals surface area contributed by atoms with Gasteiger partial charge < -0.3 is 5.11 Å². The molecular formula is C12H15ClN2OS. The molecule has 0 saturated heterocycles. The quantitative estimate of drug-likeness (QED) is 0.926. The molecule has 2 aromatic heterocycles. The van der Waals surface area contributed by atoms with Crippen molar-refractivity contribution in [1.82, 2.24) is 9.78 Å². The monoisotopic (exact) mass is 270 g/mol. The first-order chi connectivity index (χ1) is 8.15. The van der Waals surface area contributed by atoms with Crippen LogP contribution in [0.1, 0.15) is 36.2 Å². The Morgan fingerprint density at radius 2 is 2.24 bits per heavy atom. The van der Waals surface area contributed by atoms with Crippen LogP contribution in [-0.2, 0) is 13.0 Å². The highest BCUT2D eigenvalue weighted by atomic mass is 35.5. The lowest BCUT2D eigenvalue weighted by molar-refractivity contribution is 0.212. The lowest BCUT2D eigenvalue weighted by Crippen LogP contribution is -2.07. The van der Waals surface area contributed by atoms with E-state index < -0.39 is 6.10 Å². The number of hydrogen-bond donors (Lipinski definition) is 1. The minimum atomic E-state index is -0.639. The van der Waals surface area contributed by atoms with E-state index in [1.54, 1.807) is 6.07 Å². The number of aromatic nitrogens is 2. The third-order valence-corrected chi connectivity index (χ3v) is 3.95. The lowest BCUT2D eigenvalue weighted by atomic mass is 10.2. The highest BCUT2D eigenvalue weighted by Gasteiger charge is 2.18. The lowest BCUT2D eigenvalue weighted by Gasteiger charge is -2.10. The van der Waals surface area contributed by atoms with Crippen LogP contribution in [0, 0.1) is 0 Å². The predicted molar refractivity (Wildman–Crippen MR) is 70.7 cm³/mol. The zero-order chi connectivity index (χ0) is 12.4. The highest BCUT2D eigenvalue weighted by Crippen LogP contribution is 2.31. The summed E-state index contributed by atoms with van der Waals surface area (Å²) in [6.07, 6.45) is 0.234. The molecule has 17 heavy (non-hydrogen) atoms. The van der Waals surface area contributed by atoms with Crippen LogP contribution in [-0.4, -0.2) is 14.9 Å². The van der Waals surface area contributed by atoms with Crippen molar-refractivity contribution in [2.24, 2.45) is 0 Å². The second-order valence-corrected chi connectivity index (χ2v) is 5.52. The number of aryl methyl sites for hydroxylation is 2. The molecule has 2 aromatic rings. The number of halogens is 1. The van der Waals surface area contributed by atoms with Gasteiger partial charge in [0.05, 0.1) is 15.7 Å². The first-order valence-electron chi connectivity index (χ1n) is 5.65. The summed E-state index contributed by atoms with van der Waals surface area (Å²) in [7, 11) is 0. The first kappa shape index (κ1) is 12.6. The Morgan fingerprint density at radius 3 is 2.76 bits per heavy atom. The third kappa shape index (κ3) is 2.54. The van der Waals surface area contributed by atoms with Gasteiger partial charge in [-0.1, -0.05) is 18.5 Å². The predicted octanol–water partition coefficient (Wildman–Crippen LogP) is 3.26. The van der Waals surface area contributed by atoms with E-state index in [-0.39, 0.29) is 0 Å². The van der Waals surface area contributed by atoms with Crippen LogP contribution < -0.4 is 0 Å². The Morgan fingerprint density at radius 1 is 1.47 bits per heavy atom. The van der Waals surface area contributed by atoms with E-state index in [1.807, 2.05) is 23.7 Å². The summed E-state index contributed by atoms with van der Waals surface area (Å²) in [5.41, 5.74) is 1.84. The molecule has 3 nitrogen and oxygen atoms in total. The molecule has 2 rings (SSSR count). The maximum absolute atomic E-state index is 10.3. The van der Waals surface area contributed by atoms with Gasteiger partial charge in [0.2, 0.25) is 0 Å². The molecule has 0 radical (unpaired) electrons. The van der Waals surface area contributed by atoms with Crippen molar-refractivity contribution in [2.45, 2.75) is 32.9 Å². The summed E-state index contributed by atoms with van der Waals surface area (Å²) in [5.74, 6) is 0. The summed E-state index contributed by atoms with van der Waals surface area (Å²) in [5, 5.41) is 14.7. The molecule has 0 bridgehead atoms. The van der Waals surface area contributed by atoms with Gasteiger partial charge in [0.25, 0.3) is 0 Å². The summed E-state index contributed by atoms with van der Waals surface area (Å²) in [4.78, 5) is 0.854. The molecule has 0 spiro atoms. The normalized spacial score (nSPS) is 12.9. The fourth-order valence-corrected chi connectivity index (χ4v) is 2.81. The number of nitrogens with zero attached hydrogens (tertiary/aromatic N) is 2. The van der Waals surface area contributed by atoms with Crippen LogP contribution in [0.2, 0.25) is 4.34 Å². The molecule has 0 aliphatic carbocycles. The largest absolute Gasteiger partial charge is 0.381 e. The van der Waals surface area contributed by atoms with Gasteiger partial charge in [-0.05, 0) is 31.5 Å². The Labute approximate surface area is 110 Å². The summed E-state index contributed by atoms with van der Waals surface area (Å²) in [6.45, 7) is 4.83. The molecule has 1 unspecified atom stereocenters. The Hall–Kier alpha value is -0.840. The minimum Gasteiger partial charge on any atom is -0.381 e. The van der Waals surface area contributed by atoms with Crippen LogP contribution in [0.25, 0.3) is 0 Å². The Bertz CT molecular complexity index is 506. The second kappa shape index (κ2) is 5.21. The number of aliphatic hydroxyl groups excluding tert-OH is 1. The van der Waals surface area contributed by atoms with Crippen molar-refractivity contribution in [2.75, 3.05) is 0 Å². The van der Waals surface area contributed by atoms with Crippen LogP contribution in [0.5, 0.6) is 0 Å². The molecular weight excluding hydrogens is 256 g/mol. The third-order valence-electron chi connectivity index (χ3n) is 2.67. The van der Waals surface area contributed by atoms with E-state index >= 15 is 0 Å². The molecule has 0 aliphatic rings. The molecule has 5 heteroatoms. The van der Waals surface area contributed by atoms with Crippen LogP contribution in [0.4, 0.5) is 0 Å². The van der Waals surface area contributed by atoms with Gasteiger partial charge in [-0.15, -0.1) is 11.3 Å². The zero-order valence-corrected chi connectivity index (χ0v) is 11.4. The standard InChI is InChI=1S/C12H15ClN2OS/c1-3-8-7-9(15(4-2)14-8)12(16)10-5-6-11(13)17-10/h5-7,12,16H,3-4H2,1-2H3. The van der Waals surface area contributed by atoms with E-state index in [4.69, 9.17) is 11.6 Å². The maximum atomic E-state index is 10.3. The molecule has 0 fully saturated rings. The average Bonchev–Trinajstić information content (AvgIpc) is 2.93. The van der Waals surface area contributed by atoms with Gasteiger partial charge in [-0.2, -0.15) is 5.10 Å². The molecule has 0 aliphatic heterocycles. The van der Waals surface area contributed by atoms with Gasteiger partial charge >= 0.3 is 0 Å². The van der Waals surface area contributed by atoms with Crippen LogP contribution in [0.3, 0.4) is 0 Å². The van der Waals surface area contributed by atoms with Crippen molar-refractivity contribution in [3.05, 3.63) is 38.8 Å². The zero-order valence-electron chi connectivity index (χ0n) is 9.85. The Kier molecular flexibility index (Phi) is 3.86. The van der Waals surface area contributed by atoms with E-state index in [2.05, 4.69) is 12.0 Å². The SMILES string of the molecule is CCc1cc(C(O)c2ccc(Cl)s2)n(CC)n1. The summed E-state index contributed by atoms with van der Waals surface area (Å²) < 4.78 is 2.54. The van der Waals surface area contributed by atoms with Crippen molar-refractivity contribution in [3.63, 3.8) is 0 Å². The van der Waals surface area contributed by atoms with Gasteiger partial charge in [0.1, 0.15) is 6.10 Å². The molecule has 0 aromatic carbocycles. The summed E-state index contributed by atoms with van der Waals surface area (Å²) in [6, 6.07) is 5.62. The Balaban J connectivity index is 2.35. The molecule has 2 heterocycles. The van der Waals surface area contributed by atoms with Gasteiger partial charge in [0, 0.05) is 11.4 Å². The fourth-order valence-electron chi connectivity index (χ4n) is 1.75. The average molecular weight is 271 g/mol. The number of thiophene rings is 1. The maximum Gasteiger partial charge on any atom is 0.130 e. The van der Waals surface area contributed by atoms with Crippen LogP contribution in [0.15, 0.2) is 18.2 Å². The van der Waals surface area contributed by atoms with Gasteiger partial charge in [-0.25, -0.2) is 0 Å². The van der Waals surface area contributed by atoms with Crippen LogP contribution >= 0.6 is 22.9 Å². The number of aliphatic hydroxyl groups is 1.